The van der Waals surface area contributed by atoms with Crippen molar-refractivity contribution in [3.05, 3.63) is 64.1 Å². The third-order valence-corrected chi connectivity index (χ3v) is 5.95. The van der Waals surface area contributed by atoms with E-state index >= 15 is 0 Å². The van der Waals surface area contributed by atoms with Gasteiger partial charge in [0.15, 0.2) is 5.78 Å². The summed E-state index contributed by atoms with van der Waals surface area (Å²) in [7, 11) is 0. The minimum atomic E-state index is -0.580. The van der Waals surface area contributed by atoms with Gasteiger partial charge in [-0.2, -0.15) is 0 Å². The zero-order valence-corrected chi connectivity index (χ0v) is 16.9. The smallest absolute Gasteiger partial charge is 0.343 e. The van der Waals surface area contributed by atoms with E-state index in [0.29, 0.717) is 24.3 Å². The fourth-order valence-electron chi connectivity index (χ4n) is 4.33. The molecule has 1 aromatic carbocycles. The van der Waals surface area contributed by atoms with E-state index in [1.165, 1.54) is 0 Å². The molecule has 2 aliphatic rings. The molecule has 1 fully saturated rings. The molecule has 0 spiro atoms. The second kappa shape index (κ2) is 8.46. The number of hydrogen-bond acceptors (Lipinski definition) is 5. The van der Waals surface area contributed by atoms with Crippen LogP contribution in [-0.4, -0.2) is 16.8 Å². The van der Waals surface area contributed by atoms with Crippen LogP contribution in [0.1, 0.15) is 78.1 Å². The lowest BCUT2D eigenvalue weighted by molar-refractivity contribution is -0.115. The first-order valence-corrected chi connectivity index (χ1v) is 10.6. The SMILES string of the molecule is [CH2]CC(=O)Nc1cccc(C(c2c(O)c3c(oc2=O)CCCCCC3=O)C2CC2)c1. The van der Waals surface area contributed by atoms with E-state index in [2.05, 4.69) is 12.2 Å². The monoisotopic (exact) mass is 408 g/mol. The summed E-state index contributed by atoms with van der Waals surface area (Å²) in [5.74, 6) is -0.503. The largest absolute Gasteiger partial charge is 0.506 e. The Bertz CT molecular complexity index is 1030. The highest BCUT2D eigenvalue weighted by Crippen LogP contribution is 2.49. The summed E-state index contributed by atoms with van der Waals surface area (Å²) >= 11 is 0. The van der Waals surface area contributed by atoms with Crippen molar-refractivity contribution in [2.24, 2.45) is 5.92 Å². The predicted molar refractivity (Wildman–Crippen MR) is 113 cm³/mol. The van der Waals surface area contributed by atoms with Crippen LogP contribution in [0, 0.1) is 12.8 Å². The van der Waals surface area contributed by atoms with E-state index in [9.17, 15) is 19.5 Å². The van der Waals surface area contributed by atoms with Crippen LogP contribution in [0.25, 0.3) is 0 Å². The van der Waals surface area contributed by atoms with Gasteiger partial charge in [-0.25, -0.2) is 4.79 Å². The number of Topliss-reactive ketones (excluding diaryl/α,β-unsaturated/α-hetero) is 1. The number of aryl methyl sites for hydroxylation is 1. The van der Waals surface area contributed by atoms with Crippen LogP contribution in [0.15, 0.2) is 33.5 Å². The summed E-state index contributed by atoms with van der Waals surface area (Å²) in [6.45, 7) is 3.58. The molecule has 1 unspecified atom stereocenters. The van der Waals surface area contributed by atoms with E-state index in [1.54, 1.807) is 12.1 Å². The number of anilines is 1. The van der Waals surface area contributed by atoms with Crippen molar-refractivity contribution in [3.8, 4) is 5.75 Å². The normalized spacial score (nSPS) is 17.6. The molecule has 2 N–H and O–H groups in total. The number of nitrogens with one attached hydrogen (secondary N) is 1. The molecule has 0 aliphatic heterocycles. The number of hydrogen-bond donors (Lipinski definition) is 2. The van der Waals surface area contributed by atoms with Gasteiger partial charge < -0.3 is 14.8 Å². The fraction of sp³-hybridized carbons (Fsp3) is 0.417. The first kappa shape index (κ1) is 20.4. The highest BCUT2D eigenvalue weighted by molar-refractivity contribution is 6.00. The molecule has 1 amide bonds. The second-order valence-electron chi connectivity index (χ2n) is 8.17. The van der Waals surface area contributed by atoms with Crippen molar-refractivity contribution in [2.75, 3.05) is 5.32 Å². The maximum atomic E-state index is 13.0. The Morgan fingerprint density at radius 3 is 2.70 bits per heavy atom. The lowest BCUT2D eigenvalue weighted by Crippen LogP contribution is -2.21. The van der Waals surface area contributed by atoms with Gasteiger partial charge >= 0.3 is 5.63 Å². The summed E-state index contributed by atoms with van der Waals surface area (Å²) < 4.78 is 5.60. The first-order valence-electron chi connectivity index (χ1n) is 10.6. The van der Waals surface area contributed by atoms with Crippen molar-refractivity contribution in [2.45, 2.75) is 57.3 Å². The number of carbonyl (C=O) groups is 2. The minimum Gasteiger partial charge on any atom is -0.506 e. The lowest BCUT2D eigenvalue weighted by Gasteiger charge is -2.21. The summed E-state index contributed by atoms with van der Waals surface area (Å²) in [5.41, 5.74) is 1.17. The van der Waals surface area contributed by atoms with E-state index < -0.39 is 5.63 Å². The summed E-state index contributed by atoms with van der Waals surface area (Å²) in [6, 6.07) is 7.27. The van der Waals surface area contributed by atoms with E-state index in [-0.39, 0.29) is 46.8 Å². The Hall–Kier alpha value is -2.89. The molecular weight excluding hydrogens is 382 g/mol. The Balaban J connectivity index is 1.81. The van der Waals surface area contributed by atoms with Gasteiger partial charge in [0.2, 0.25) is 5.91 Å². The van der Waals surface area contributed by atoms with E-state index in [1.807, 2.05) is 12.1 Å². The van der Waals surface area contributed by atoms with E-state index in [4.69, 9.17) is 4.42 Å². The second-order valence-corrected chi connectivity index (χ2v) is 8.17. The van der Waals surface area contributed by atoms with Crippen molar-refractivity contribution in [1.82, 2.24) is 0 Å². The van der Waals surface area contributed by atoms with Gasteiger partial charge in [0, 0.05) is 30.9 Å². The van der Waals surface area contributed by atoms with Crippen molar-refractivity contribution in [1.29, 1.82) is 0 Å². The molecular formula is C24H26NO5. The van der Waals surface area contributed by atoms with Gasteiger partial charge in [-0.1, -0.05) is 18.6 Å². The molecule has 1 aromatic heterocycles. The zero-order valence-electron chi connectivity index (χ0n) is 16.9. The van der Waals surface area contributed by atoms with Crippen LogP contribution in [0.4, 0.5) is 5.69 Å². The quantitative estimate of drug-likeness (QED) is 0.767. The molecule has 1 atom stereocenters. The third kappa shape index (κ3) is 4.04. The van der Waals surface area contributed by atoms with Gasteiger partial charge in [-0.15, -0.1) is 0 Å². The Morgan fingerprint density at radius 2 is 1.97 bits per heavy atom. The van der Waals surface area contributed by atoms with Crippen LogP contribution in [0.2, 0.25) is 0 Å². The van der Waals surface area contributed by atoms with Gasteiger partial charge in [0.05, 0.1) is 11.1 Å². The van der Waals surface area contributed by atoms with Gasteiger partial charge in [-0.3, -0.25) is 9.59 Å². The summed E-state index contributed by atoms with van der Waals surface area (Å²) in [5, 5.41) is 13.9. The number of benzene rings is 1. The zero-order chi connectivity index (χ0) is 21.3. The number of carbonyl (C=O) groups excluding carboxylic acids is 2. The van der Waals surface area contributed by atoms with Crippen LogP contribution in [0.3, 0.4) is 0 Å². The predicted octanol–water partition coefficient (Wildman–Crippen LogP) is 4.35. The van der Waals surface area contributed by atoms with Crippen LogP contribution < -0.4 is 10.9 Å². The van der Waals surface area contributed by atoms with Crippen molar-refractivity contribution >= 4 is 17.4 Å². The fourth-order valence-corrected chi connectivity index (χ4v) is 4.33. The number of aromatic hydroxyl groups is 1. The van der Waals surface area contributed by atoms with Gasteiger partial charge in [-0.05, 0) is 56.2 Å². The van der Waals surface area contributed by atoms with Crippen LogP contribution in [0.5, 0.6) is 5.75 Å². The molecule has 1 radical (unpaired) electrons. The number of rotatable bonds is 5. The lowest BCUT2D eigenvalue weighted by atomic mass is 9.85. The molecule has 2 aromatic rings. The van der Waals surface area contributed by atoms with Crippen LogP contribution >= 0.6 is 0 Å². The molecule has 6 nitrogen and oxygen atoms in total. The molecule has 2 aliphatic carbocycles. The highest BCUT2D eigenvalue weighted by atomic mass is 16.4. The average Bonchev–Trinajstić information content (AvgIpc) is 3.54. The number of fused-ring (bicyclic) bond motifs is 1. The molecule has 30 heavy (non-hydrogen) atoms. The maximum Gasteiger partial charge on any atom is 0.343 e. The van der Waals surface area contributed by atoms with Crippen molar-refractivity contribution in [3.63, 3.8) is 0 Å². The molecule has 0 bridgehead atoms. The molecule has 157 valence electrons. The number of ketones is 1. The summed E-state index contributed by atoms with van der Waals surface area (Å²) in [4.78, 5) is 37.4. The average molecular weight is 408 g/mol. The number of amides is 1. The molecule has 1 heterocycles. The standard InChI is InChI=1S/C24H26NO5/c1-2-19(27)25-16-8-6-7-15(13-16)20(14-11-12-14)22-23(28)21-17(26)9-4-3-5-10-18(21)30-24(22)29/h6-8,13-14,20,28H,1-5,9-12H2,(H,25,27). The Morgan fingerprint density at radius 1 is 1.20 bits per heavy atom. The molecule has 0 saturated heterocycles. The Labute approximate surface area is 175 Å². The van der Waals surface area contributed by atoms with Crippen molar-refractivity contribution < 1.29 is 19.1 Å². The van der Waals surface area contributed by atoms with Crippen LogP contribution in [-0.2, 0) is 11.2 Å². The first-order chi connectivity index (χ1) is 14.5. The molecule has 4 rings (SSSR count). The van der Waals surface area contributed by atoms with Gasteiger partial charge in [0.25, 0.3) is 0 Å². The maximum absolute atomic E-state index is 13.0. The Kier molecular flexibility index (Phi) is 5.75. The topological polar surface area (TPSA) is 96.6 Å². The van der Waals surface area contributed by atoms with Gasteiger partial charge in [0.1, 0.15) is 11.5 Å². The third-order valence-electron chi connectivity index (χ3n) is 5.95. The highest BCUT2D eigenvalue weighted by Gasteiger charge is 2.39. The minimum absolute atomic E-state index is 0.119. The molecule has 1 saturated carbocycles. The molecule has 6 heteroatoms. The van der Waals surface area contributed by atoms with E-state index in [0.717, 1.165) is 37.7 Å². The summed E-state index contributed by atoms with van der Waals surface area (Å²) in [6.07, 6.45) is 5.27.